The lowest BCUT2D eigenvalue weighted by Crippen LogP contribution is -2.26. The summed E-state index contributed by atoms with van der Waals surface area (Å²) >= 11 is 33.9. The van der Waals surface area contributed by atoms with Crippen LogP contribution < -0.4 is 0 Å². The van der Waals surface area contributed by atoms with E-state index in [2.05, 4.69) is 0 Å². The van der Waals surface area contributed by atoms with E-state index in [1.165, 1.54) is 0 Å². The maximum absolute atomic E-state index is 13.3. The van der Waals surface area contributed by atoms with Gasteiger partial charge in [0, 0.05) is 0 Å². The Morgan fingerprint density at radius 2 is 1.24 bits per heavy atom. The summed E-state index contributed by atoms with van der Waals surface area (Å²) in [5.41, 5.74) is 0. The van der Waals surface area contributed by atoms with Gasteiger partial charge >= 0.3 is 12.0 Å². The summed E-state index contributed by atoms with van der Waals surface area (Å²) in [6.45, 7) is 0. The van der Waals surface area contributed by atoms with Crippen LogP contribution in [0.5, 0.6) is 0 Å². The average Bonchev–Trinajstić information content (AvgIpc) is 2.12. The van der Waals surface area contributed by atoms with Crippen LogP contribution in [0, 0.1) is 0 Å². The highest BCUT2D eigenvalue weighted by Crippen LogP contribution is 2.30. The maximum atomic E-state index is 13.3. The molecular weight excluding hydrogens is 384 g/mol. The van der Waals surface area contributed by atoms with Crippen LogP contribution in [0.1, 0.15) is 38.5 Å². The number of alkyl halides is 1. The Bertz CT molecular complexity index is 205. The lowest BCUT2D eigenvalue weighted by molar-refractivity contribution is 0.398. The van der Waals surface area contributed by atoms with Gasteiger partial charge in [-0.1, -0.05) is 32.1 Å². The van der Waals surface area contributed by atoms with Crippen LogP contribution in [0.4, 0.5) is 4.39 Å². The molecule has 0 N–H and O–H groups in total. The van der Waals surface area contributed by atoms with E-state index in [4.69, 9.17) is 66.5 Å². The van der Waals surface area contributed by atoms with Crippen molar-refractivity contribution in [2.45, 2.75) is 50.4 Å². The van der Waals surface area contributed by atoms with Gasteiger partial charge in [0.05, 0.1) is 0 Å². The molecule has 0 amide bonds. The molecule has 0 saturated carbocycles. The van der Waals surface area contributed by atoms with Crippen molar-refractivity contribution in [2.24, 2.45) is 0 Å². The van der Waals surface area contributed by atoms with Gasteiger partial charge in [0.2, 0.25) is 0 Å². The van der Waals surface area contributed by atoms with E-state index in [9.17, 15) is 4.39 Å². The van der Waals surface area contributed by atoms with E-state index >= 15 is 0 Å². The molecule has 0 aromatic rings. The fourth-order valence-electron chi connectivity index (χ4n) is 1.34. The van der Waals surface area contributed by atoms with Crippen LogP contribution in [-0.4, -0.2) is 17.8 Å². The van der Waals surface area contributed by atoms with E-state index in [1.54, 1.807) is 0 Å². The average molecular weight is 399 g/mol. The molecule has 0 aromatic carbocycles. The Balaban J connectivity index is 3.36. The molecule has 0 saturated heterocycles. The van der Waals surface area contributed by atoms with Crippen molar-refractivity contribution >= 4 is 78.5 Å². The van der Waals surface area contributed by atoms with Gasteiger partial charge in [0.1, 0.15) is 5.79 Å². The summed E-state index contributed by atoms with van der Waals surface area (Å²) in [6, 6.07) is -4.93. The van der Waals surface area contributed by atoms with E-state index in [1.807, 2.05) is 0 Å². The Morgan fingerprint density at radius 1 is 0.765 bits per heavy atom. The molecule has 0 aliphatic rings. The van der Waals surface area contributed by atoms with Crippen molar-refractivity contribution in [3.8, 4) is 0 Å². The standard InChI is InChI=1S/C8H15Cl6FSi2/c9-16(10,11)7-5-3-1-2-4-6-8(15)17(12,13)14/h8H,1-7H2. The molecule has 9 heteroatoms. The first-order valence-electron chi connectivity index (χ1n) is 5.40. The third kappa shape index (κ3) is 12.9. The first-order valence-corrected chi connectivity index (χ1v) is 15.8. The Morgan fingerprint density at radius 3 is 1.71 bits per heavy atom. The van der Waals surface area contributed by atoms with Crippen LogP contribution >= 0.6 is 66.5 Å². The van der Waals surface area contributed by atoms with Gasteiger partial charge in [0.15, 0.2) is 0 Å². The van der Waals surface area contributed by atoms with Crippen molar-refractivity contribution in [1.29, 1.82) is 0 Å². The van der Waals surface area contributed by atoms with Crippen molar-refractivity contribution in [1.82, 2.24) is 0 Å². The van der Waals surface area contributed by atoms with Gasteiger partial charge in [-0.3, -0.25) is 0 Å². The molecule has 0 aliphatic carbocycles. The molecule has 1 unspecified atom stereocenters. The molecule has 17 heavy (non-hydrogen) atoms. The molecule has 0 aliphatic heterocycles. The van der Waals surface area contributed by atoms with Crippen molar-refractivity contribution in [3.05, 3.63) is 0 Å². The largest absolute Gasteiger partial charge is 0.374 e. The van der Waals surface area contributed by atoms with Gasteiger partial charge in [0.25, 0.3) is 0 Å². The van der Waals surface area contributed by atoms with Gasteiger partial charge in [-0.2, -0.15) is 0 Å². The molecule has 104 valence electrons. The highest BCUT2D eigenvalue weighted by Gasteiger charge is 2.36. The second kappa shape index (κ2) is 9.12. The molecular formula is C8H15Cl6FSi2. The summed E-state index contributed by atoms with van der Waals surface area (Å²) < 4.78 is 13.3. The zero-order valence-corrected chi connectivity index (χ0v) is 15.7. The first kappa shape index (κ1) is 19.1. The predicted octanol–water partition coefficient (Wildman–Crippen LogP) is 6.51. The zero-order chi connectivity index (χ0) is 13.5. The molecule has 1 atom stereocenters. The summed E-state index contributed by atoms with van der Waals surface area (Å²) in [6.07, 6.45) is 4.93. The summed E-state index contributed by atoms with van der Waals surface area (Å²) in [4.78, 5) is 0. The molecule has 0 heterocycles. The van der Waals surface area contributed by atoms with Crippen LogP contribution in [0.25, 0.3) is 0 Å². The van der Waals surface area contributed by atoms with Crippen molar-refractivity contribution in [2.75, 3.05) is 0 Å². The summed E-state index contributed by atoms with van der Waals surface area (Å²) in [5, 5.41) is 0. The molecule has 0 bridgehead atoms. The van der Waals surface area contributed by atoms with Crippen molar-refractivity contribution in [3.63, 3.8) is 0 Å². The highest BCUT2D eigenvalue weighted by atomic mass is 35.8. The minimum atomic E-state index is -3.16. The number of unbranched alkanes of at least 4 members (excludes halogenated alkanes) is 4. The number of hydrogen-bond donors (Lipinski definition) is 0. The fourth-order valence-corrected chi connectivity index (χ4v) is 4.71. The fraction of sp³-hybridized carbons (Fsp3) is 1.00. The Kier molecular flexibility index (Phi) is 10.2. The van der Waals surface area contributed by atoms with Gasteiger partial charge in [-0.15, -0.1) is 66.5 Å². The van der Waals surface area contributed by atoms with Crippen LogP contribution in [-0.2, 0) is 0 Å². The normalized spacial score (nSPS) is 15.0. The number of halogens is 7. The zero-order valence-electron chi connectivity index (χ0n) is 9.17. The predicted molar refractivity (Wildman–Crippen MR) is 84.0 cm³/mol. The van der Waals surface area contributed by atoms with Crippen LogP contribution in [0.15, 0.2) is 0 Å². The highest BCUT2D eigenvalue weighted by molar-refractivity contribution is 7.65. The Labute approximate surface area is 132 Å². The Hall–Kier alpha value is 2.10. The van der Waals surface area contributed by atoms with Gasteiger partial charge in [-0.05, 0) is 12.5 Å². The van der Waals surface area contributed by atoms with Crippen molar-refractivity contribution < 1.29 is 4.39 Å². The third-order valence-electron chi connectivity index (χ3n) is 2.27. The van der Waals surface area contributed by atoms with E-state index in [0.29, 0.717) is 12.5 Å². The molecule has 0 aromatic heterocycles. The number of hydrogen-bond acceptors (Lipinski definition) is 0. The minimum Gasteiger partial charge on any atom is -0.247 e. The maximum Gasteiger partial charge on any atom is 0.374 e. The SMILES string of the molecule is FC(CCCCCCC[Si](Cl)(Cl)Cl)[Si](Cl)(Cl)Cl. The quantitative estimate of drug-likeness (QED) is 0.236. The number of rotatable bonds is 9. The van der Waals surface area contributed by atoms with E-state index in [-0.39, 0.29) is 0 Å². The van der Waals surface area contributed by atoms with Gasteiger partial charge < -0.3 is 0 Å². The lowest BCUT2D eigenvalue weighted by Gasteiger charge is -2.13. The molecule has 0 fully saturated rings. The minimum absolute atomic E-state index is 0.335. The second-order valence-electron chi connectivity index (χ2n) is 3.93. The molecule has 0 radical (unpaired) electrons. The lowest BCUT2D eigenvalue weighted by atomic mass is 10.1. The van der Waals surface area contributed by atoms with E-state index < -0.39 is 17.8 Å². The first-order chi connectivity index (χ1) is 7.63. The van der Waals surface area contributed by atoms with Crippen LogP contribution in [0.2, 0.25) is 6.04 Å². The molecule has 0 spiro atoms. The topological polar surface area (TPSA) is 0 Å². The summed E-state index contributed by atoms with van der Waals surface area (Å²) in [5.74, 6) is -1.26. The molecule has 0 nitrogen and oxygen atoms in total. The smallest absolute Gasteiger partial charge is 0.247 e. The second-order valence-corrected chi connectivity index (χ2v) is 22.0. The van der Waals surface area contributed by atoms with Crippen LogP contribution in [0.3, 0.4) is 0 Å². The third-order valence-corrected chi connectivity index (χ3v) is 8.02. The summed E-state index contributed by atoms with van der Waals surface area (Å²) in [7, 11) is 0. The molecule has 0 rings (SSSR count). The van der Waals surface area contributed by atoms with E-state index in [0.717, 1.165) is 32.1 Å². The monoisotopic (exact) mass is 396 g/mol. The van der Waals surface area contributed by atoms with Gasteiger partial charge in [-0.25, -0.2) is 4.39 Å².